The van der Waals surface area contributed by atoms with E-state index >= 15 is 0 Å². The predicted molar refractivity (Wildman–Crippen MR) is 88.4 cm³/mol. The van der Waals surface area contributed by atoms with Gasteiger partial charge in [0.1, 0.15) is 11.3 Å². The molecule has 4 rings (SSSR count). The molecule has 1 saturated carbocycles. The maximum Gasteiger partial charge on any atom is 0.272 e. The van der Waals surface area contributed by atoms with Gasteiger partial charge >= 0.3 is 0 Å². The molecule has 2 atom stereocenters. The zero-order valence-electron chi connectivity index (χ0n) is 13.1. The van der Waals surface area contributed by atoms with Crippen molar-refractivity contribution >= 4 is 16.9 Å². The van der Waals surface area contributed by atoms with E-state index in [1.165, 1.54) is 31.7 Å². The molecule has 1 saturated heterocycles. The standard InChI is InChI=1S/C18H21N3O2/c22-16-10-8-13-7-9-14(19-17(13)20-16)18(23)21-11-3-5-12-4-1-2-6-15(12)21/h7-10,12,15H,1-6,11H2,(H,19,20,22)/t12-,15+/m0/s1. The molecule has 1 amide bonds. The van der Waals surface area contributed by atoms with Gasteiger partial charge in [-0.2, -0.15) is 0 Å². The molecule has 0 aromatic carbocycles. The summed E-state index contributed by atoms with van der Waals surface area (Å²) < 4.78 is 0. The first-order valence-corrected chi connectivity index (χ1v) is 8.53. The largest absolute Gasteiger partial charge is 0.334 e. The van der Waals surface area contributed by atoms with Crippen LogP contribution in [0.25, 0.3) is 11.0 Å². The number of likely N-dealkylation sites (tertiary alicyclic amines) is 1. The van der Waals surface area contributed by atoms with E-state index in [9.17, 15) is 9.59 Å². The Bertz CT molecular complexity index is 796. The van der Waals surface area contributed by atoms with Crippen molar-refractivity contribution in [2.24, 2.45) is 5.92 Å². The number of H-pyrrole nitrogens is 1. The number of hydrogen-bond donors (Lipinski definition) is 1. The third-order valence-electron chi connectivity index (χ3n) is 5.31. The molecule has 5 heteroatoms. The Labute approximate surface area is 134 Å². The van der Waals surface area contributed by atoms with Gasteiger partial charge in [0.05, 0.1) is 0 Å². The Kier molecular flexibility index (Phi) is 3.63. The lowest BCUT2D eigenvalue weighted by Crippen LogP contribution is -2.49. The van der Waals surface area contributed by atoms with Gasteiger partial charge < -0.3 is 9.88 Å². The number of carbonyl (C=O) groups is 1. The van der Waals surface area contributed by atoms with Crippen molar-refractivity contribution in [1.82, 2.24) is 14.9 Å². The number of rotatable bonds is 1. The number of aromatic nitrogens is 2. The summed E-state index contributed by atoms with van der Waals surface area (Å²) in [7, 11) is 0. The van der Waals surface area contributed by atoms with Gasteiger partial charge in [0.2, 0.25) is 5.56 Å². The Morgan fingerprint density at radius 1 is 1.09 bits per heavy atom. The third kappa shape index (κ3) is 2.64. The van der Waals surface area contributed by atoms with Crippen LogP contribution in [0.3, 0.4) is 0 Å². The molecular formula is C18H21N3O2. The Morgan fingerprint density at radius 2 is 1.87 bits per heavy atom. The minimum absolute atomic E-state index is 0.00759. The van der Waals surface area contributed by atoms with Crippen molar-refractivity contribution < 1.29 is 4.79 Å². The van der Waals surface area contributed by atoms with Gasteiger partial charge in [-0.25, -0.2) is 4.98 Å². The molecule has 0 unspecified atom stereocenters. The highest BCUT2D eigenvalue weighted by molar-refractivity contribution is 5.94. The zero-order valence-corrected chi connectivity index (χ0v) is 13.1. The topological polar surface area (TPSA) is 66.1 Å². The fourth-order valence-corrected chi connectivity index (χ4v) is 4.17. The van der Waals surface area contributed by atoms with Gasteiger partial charge in [0.15, 0.2) is 0 Å². The molecule has 0 radical (unpaired) electrons. The number of fused-ring (bicyclic) bond motifs is 2. The fraction of sp³-hybridized carbons (Fsp3) is 0.500. The van der Waals surface area contributed by atoms with E-state index in [0.717, 1.165) is 24.8 Å². The van der Waals surface area contributed by atoms with Gasteiger partial charge in [-0.3, -0.25) is 9.59 Å². The number of nitrogens with zero attached hydrogens (tertiary/aromatic N) is 2. The van der Waals surface area contributed by atoms with Crippen molar-refractivity contribution in [3.8, 4) is 0 Å². The molecule has 120 valence electrons. The molecule has 1 aliphatic heterocycles. The Morgan fingerprint density at radius 3 is 2.78 bits per heavy atom. The number of aromatic amines is 1. The molecule has 2 fully saturated rings. The number of pyridine rings is 2. The predicted octanol–water partition coefficient (Wildman–Crippen LogP) is 2.72. The molecule has 2 aliphatic rings. The average molecular weight is 311 g/mol. The maximum atomic E-state index is 13.0. The summed E-state index contributed by atoms with van der Waals surface area (Å²) >= 11 is 0. The Hall–Kier alpha value is -2.17. The zero-order chi connectivity index (χ0) is 15.8. The lowest BCUT2D eigenvalue weighted by atomic mass is 9.78. The van der Waals surface area contributed by atoms with E-state index < -0.39 is 0 Å². The highest BCUT2D eigenvalue weighted by atomic mass is 16.2. The van der Waals surface area contributed by atoms with Crippen LogP contribution in [0.5, 0.6) is 0 Å². The van der Waals surface area contributed by atoms with Crippen molar-refractivity contribution in [2.75, 3.05) is 6.54 Å². The van der Waals surface area contributed by atoms with E-state index in [0.29, 0.717) is 23.3 Å². The minimum Gasteiger partial charge on any atom is -0.334 e. The molecule has 5 nitrogen and oxygen atoms in total. The second kappa shape index (κ2) is 5.80. The number of carbonyl (C=O) groups excluding carboxylic acids is 1. The molecule has 3 heterocycles. The van der Waals surface area contributed by atoms with Crippen LogP contribution in [0, 0.1) is 5.92 Å². The summed E-state index contributed by atoms with van der Waals surface area (Å²) in [6.07, 6.45) is 7.18. The number of hydrogen-bond acceptors (Lipinski definition) is 3. The summed E-state index contributed by atoms with van der Waals surface area (Å²) in [6.45, 7) is 0.824. The van der Waals surface area contributed by atoms with Crippen LogP contribution < -0.4 is 5.56 Å². The van der Waals surface area contributed by atoms with Crippen LogP contribution in [-0.2, 0) is 0 Å². The first kappa shape index (κ1) is 14.4. The molecule has 23 heavy (non-hydrogen) atoms. The highest BCUT2D eigenvalue weighted by Crippen LogP contribution is 2.35. The smallest absolute Gasteiger partial charge is 0.272 e. The van der Waals surface area contributed by atoms with Crippen LogP contribution >= 0.6 is 0 Å². The van der Waals surface area contributed by atoms with Gasteiger partial charge in [-0.1, -0.05) is 12.8 Å². The van der Waals surface area contributed by atoms with E-state index in [2.05, 4.69) is 9.97 Å². The molecule has 2 aromatic heterocycles. The van der Waals surface area contributed by atoms with Crippen LogP contribution in [0.15, 0.2) is 29.1 Å². The molecule has 1 N–H and O–H groups in total. The Balaban J connectivity index is 1.66. The van der Waals surface area contributed by atoms with E-state index in [-0.39, 0.29) is 11.5 Å². The molecule has 0 spiro atoms. The number of piperidine rings is 1. The fourth-order valence-electron chi connectivity index (χ4n) is 4.17. The summed E-state index contributed by atoms with van der Waals surface area (Å²) in [5, 5.41) is 0.843. The molecule has 1 aliphatic carbocycles. The second-order valence-electron chi connectivity index (χ2n) is 6.71. The lowest BCUT2D eigenvalue weighted by Gasteiger charge is -2.44. The van der Waals surface area contributed by atoms with Crippen LogP contribution in [0.4, 0.5) is 0 Å². The lowest BCUT2D eigenvalue weighted by molar-refractivity contribution is 0.0385. The number of nitrogens with one attached hydrogen (secondary N) is 1. The SMILES string of the molecule is O=C(c1ccc2ccc(=O)[nH]c2n1)N1CCC[C@@H]2CCCC[C@H]21. The van der Waals surface area contributed by atoms with Crippen molar-refractivity contribution in [1.29, 1.82) is 0 Å². The first-order valence-electron chi connectivity index (χ1n) is 8.53. The second-order valence-corrected chi connectivity index (χ2v) is 6.71. The van der Waals surface area contributed by atoms with E-state index in [1.54, 1.807) is 12.1 Å². The summed E-state index contributed by atoms with van der Waals surface area (Å²) in [5.41, 5.74) is 0.728. The average Bonchev–Trinajstić information content (AvgIpc) is 2.60. The van der Waals surface area contributed by atoms with Crippen LogP contribution in [0.1, 0.15) is 49.0 Å². The number of amides is 1. The van der Waals surface area contributed by atoms with Gasteiger partial charge in [-0.05, 0) is 49.8 Å². The monoisotopic (exact) mass is 311 g/mol. The molecule has 0 bridgehead atoms. The van der Waals surface area contributed by atoms with Crippen LogP contribution in [0.2, 0.25) is 0 Å². The molecule has 2 aromatic rings. The molecular weight excluding hydrogens is 290 g/mol. The summed E-state index contributed by atoms with van der Waals surface area (Å²) in [5.74, 6) is 0.662. The van der Waals surface area contributed by atoms with Gasteiger partial charge in [0, 0.05) is 24.0 Å². The van der Waals surface area contributed by atoms with E-state index in [4.69, 9.17) is 0 Å². The van der Waals surface area contributed by atoms with Crippen molar-refractivity contribution in [2.45, 2.75) is 44.6 Å². The van der Waals surface area contributed by atoms with Gasteiger partial charge in [-0.15, -0.1) is 0 Å². The van der Waals surface area contributed by atoms with Crippen LogP contribution in [-0.4, -0.2) is 33.4 Å². The summed E-state index contributed by atoms with van der Waals surface area (Å²) in [6, 6.07) is 7.21. The maximum absolute atomic E-state index is 13.0. The normalized spacial score (nSPS) is 24.4. The minimum atomic E-state index is -0.195. The van der Waals surface area contributed by atoms with Crippen molar-refractivity contribution in [3.05, 3.63) is 40.3 Å². The van der Waals surface area contributed by atoms with Crippen molar-refractivity contribution in [3.63, 3.8) is 0 Å². The highest BCUT2D eigenvalue weighted by Gasteiger charge is 2.36. The first-order chi connectivity index (χ1) is 11.2. The quantitative estimate of drug-likeness (QED) is 0.880. The third-order valence-corrected chi connectivity index (χ3v) is 5.31. The van der Waals surface area contributed by atoms with Gasteiger partial charge in [0.25, 0.3) is 5.91 Å². The van der Waals surface area contributed by atoms with E-state index in [1.807, 2.05) is 11.0 Å². The summed E-state index contributed by atoms with van der Waals surface area (Å²) in [4.78, 5) is 33.6.